The van der Waals surface area contributed by atoms with E-state index in [4.69, 9.17) is 17.2 Å². The number of hydrazine groups is 2. The molecule has 0 aliphatic carbocycles. The highest BCUT2D eigenvalue weighted by Gasteiger charge is 2.28. The van der Waals surface area contributed by atoms with Crippen LogP contribution < -0.4 is 17.2 Å². The van der Waals surface area contributed by atoms with Gasteiger partial charge in [-0.2, -0.15) is 5.12 Å². The molecular formula is C6H16N6. The van der Waals surface area contributed by atoms with Gasteiger partial charge in [-0.05, 0) is 0 Å². The zero-order chi connectivity index (χ0) is 9.46. The lowest BCUT2D eigenvalue weighted by Crippen LogP contribution is -2.61. The van der Waals surface area contributed by atoms with Crippen molar-refractivity contribution in [2.45, 2.75) is 6.17 Å². The highest BCUT2D eigenvalue weighted by atomic mass is 15.9. The zero-order valence-electron chi connectivity index (χ0n) is 7.65. The average Bonchev–Trinajstić information content (AvgIpc) is 2.08. The summed E-state index contributed by atoms with van der Waals surface area (Å²) in [7, 11) is 5.53. The molecule has 0 radical (unpaired) electrons. The van der Waals surface area contributed by atoms with Crippen LogP contribution in [0.25, 0.3) is 0 Å². The Morgan fingerprint density at radius 1 is 1.17 bits per heavy atom. The van der Waals surface area contributed by atoms with Crippen molar-refractivity contribution in [3.05, 3.63) is 11.5 Å². The van der Waals surface area contributed by atoms with Crippen molar-refractivity contribution in [1.82, 2.24) is 15.1 Å². The van der Waals surface area contributed by atoms with E-state index in [0.29, 0.717) is 11.5 Å². The van der Waals surface area contributed by atoms with Crippen LogP contribution in [-0.4, -0.2) is 42.4 Å². The van der Waals surface area contributed by atoms with Gasteiger partial charge in [0.15, 0.2) is 0 Å². The molecule has 1 aliphatic rings. The Labute approximate surface area is 72.1 Å². The zero-order valence-corrected chi connectivity index (χ0v) is 7.65. The number of hydrogen-bond donors (Lipinski definition) is 3. The van der Waals surface area contributed by atoms with Crippen molar-refractivity contribution in [1.29, 1.82) is 0 Å². The van der Waals surface area contributed by atoms with Crippen molar-refractivity contribution in [2.75, 3.05) is 21.1 Å². The van der Waals surface area contributed by atoms with Crippen molar-refractivity contribution in [3.8, 4) is 0 Å². The smallest absolute Gasteiger partial charge is 0.137 e. The molecule has 0 aromatic carbocycles. The lowest BCUT2D eigenvalue weighted by atomic mass is 10.3. The topological polar surface area (TPSA) is 87.8 Å². The Morgan fingerprint density at radius 2 is 1.67 bits per heavy atom. The van der Waals surface area contributed by atoms with Gasteiger partial charge in [-0.25, -0.2) is 5.01 Å². The second kappa shape index (κ2) is 2.81. The predicted octanol–water partition coefficient (Wildman–Crippen LogP) is -2.00. The second-order valence-corrected chi connectivity index (χ2v) is 2.87. The Morgan fingerprint density at radius 3 is 2.17 bits per heavy atom. The molecule has 12 heavy (non-hydrogen) atoms. The van der Waals surface area contributed by atoms with Crippen LogP contribution in [0.15, 0.2) is 11.5 Å². The van der Waals surface area contributed by atoms with E-state index < -0.39 is 0 Å². The van der Waals surface area contributed by atoms with Gasteiger partial charge in [0.1, 0.15) is 12.0 Å². The van der Waals surface area contributed by atoms with Gasteiger partial charge in [0.05, 0.1) is 5.70 Å². The fraction of sp³-hybridized carbons (Fsp3) is 0.667. The third kappa shape index (κ3) is 1.09. The monoisotopic (exact) mass is 172 g/mol. The first-order valence-corrected chi connectivity index (χ1v) is 3.67. The number of rotatable bonds is 0. The molecule has 1 unspecified atom stereocenters. The van der Waals surface area contributed by atoms with Gasteiger partial charge < -0.3 is 17.2 Å². The minimum absolute atomic E-state index is 0.341. The van der Waals surface area contributed by atoms with E-state index in [-0.39, 0.29) is 6.17 Å². The fourth-order valence-electron chi connectivity index (χ4n) is 1.09. The summed E-state index contributed by atoms with van der Waals surface area (Å²) in [5.41, 5.74) is 17.6. The summed E-state index contributed by atoms with van der Waals surface area (Å²) in [5, 5.41) is 5.33. The van der Waals surface area contributed by atoms with E-state index in [2.05, 4.69) is 0 Å². The van der Waals surface area contributed by atoms with E-state index in [9.17, 15) is 0 Å². The summed E-state index contributed by atoms with van der Waals surface area (Å²) >= 11 is 0. The second-order valence-electron chi connectivity index (χ2n) is 2.87. The molecule has 70 valence electrons. The third-order valence-electron chi connectivity index (χ3n) is 2.26. The standard InChI is InChI=1S/C6H16N6/c1-10-5(8)4(7)6(9)11(2)12(10)3/h5H,7-9H2,1-3H3. The van der Waals surface area contributed by atoms with E-state index in [1.54, 1.807) is 15.1 Å². The van der Waals surface area contributed by atoms with Gasteiger partial charge in [-0.3, -0.25) is 5.01 Å². The third-order valence-corrected chi connectivity index (χ3v) is 2.26. The number of nitrogens with two attached hydrogens (primary N) is 3. The van der Waals surface area contributed by atoms with Gasteiger partial charge >= 0.3 is 0 Å². The molecule has 1 aliphatic heterocycles. The molecular weight excluding hydrogens is 156 g/mol. The van der Waals surface area contributed by atoms with Gasteiger partial charge in [0.25, 0.3) is 0 Å². The molecule has 0 bridgehead atoms. The molecule has 0 saturated heterocycles. The normalized spacial score (nSPS) is 28.3. The summed E-state index contributed by atoms with van der Waals surface area (Å²) in [4.78, 5) is 0. The summed E-state index contributed by atoms with van der Waals surface area (Å²) in [6.07, 6.45) is -0.341. The van der Waals surface area contributed by atoms with Crippen molar-refractivity contribution >= 4 is 0 Å². The highest BCUT2D eigenvalue weighted by molar-refractivity contribution is 5.13. The van der Waals surface area contributed by atoms with Crippen LogP contribution in [0.1, 0.15) is 0 Å². The molecule has 1 atom stereocenters. The molecule has 6 nitrogen and oxygen atoms in total. The Kier molecular flexibility index (Phi) is 2.14. The summed E-state index contributed by atoms with van der Waals surface area (Å²) in [6, 6.07) is 0. The minimum atomic E-state index is -0.341. The van der Waals surface area contributed by atoms with Crippen LogP contribution in [0.4, 0.5) is 0 Å². The van der Waals surface area contributed by atoms with E-state index in [1.807, 2.05) is 21.1 Å². The van der Waals surface area contributed by atoms with Gasteiger partial charge in [-0.1, -0.05) is 0 Å². The van der Waals surface area contributed by atoms with Crippen LogP contribution in [0.3, 0.4) is 0 Å². The van der Waals surface area contributed by atoms with Gasteiger partial charge in [0.2, 0.25) is 0 Å². The van der Waals surface area contributed by atoms with E-state index in [0.717, 1.165) is 0 Å². The lowest BCUT2D eigenvalue weighted by Gasteiger charge is -2.44. The molecule has 0 fully saturated rings. The SMILES string of the molecule is CN1C(N)=C(N)C(N)N(C)N1C. The fourth-order valence-corrected chi connectivity index (χ4v) is 1.09. The van der Waals surface area contributed by atoms with Crippen LogP contribution in [0, 0.1) is 0 Å². The highest BCUT2D eigenvalue weighted by Crippen LogP contribution is 2.14. The molecule has 0 amide bonds. The predicted molar refractivity (Wildman–Crippen MR) is 46.7 cm³/mol. The Balaban J connectivity index is 3.00. The van der Waals surface area contributed by atoms with Crippen LogP contribution in [-0.2, 0) is 0 Å². The average molecular weight is 172 g/mol. The first kappa shape index (κ1) is 9.11. The van der Waals surface area contributed by atoms with Crippen molar-refractivity contribution in [2.24, 2.45) is 17.2 Å². The number of likely N-dealkylation sites (N-methyl/N-ethyl adjacent to an activating group) is 1. The maximum Gasteiger partial charge on any atom is 0.137 e. The van der Waals surface area contributed by atoms with Crippen molar-refractivity contribution in [3.63, 3.8) is 0 Å². The maximum atomic E-state index is 5.76. The Hall–Kier alpha value is -0.980. The van der Waals surface area contributed by atoms with Crippen LogP contribution >= 0.6 is 0 Å². The molecule has 0 aromatic rings. The molecule has 6 N–H and O–H groups in total. The molecule has 0 saturated carbocycles. The first-order valence-electron chi connectivity index (χ1n) is 3.67. The molecule has 0 aromatic heterocycles. The molecule has 0 spiro atoms. The summed E-state index contributed by atoms with van der Waals surface area (Å²) in [6.45, 7) is 0. The Bertz CT molecular complexity index is 190. The first-order chi connectivity index (χ1) is 5.46. The van der Waals surface area contributed by atoms with Crippen LogP contribution in [0.2, 0.25) is 0 Å². The largest absolute Gasteiger partial charge is 0.397 e. The molecule has 6 heteroatoms. The van der Waals surface area contributed by atoms with Crippen LogP contribution in [0.5, 0.6) is 0 Å². The quantitative estimate of drug-likeness (QED) is 0.391. The lowest BCUT2D eigenvalue weighted by molar-refractivity contribution is -0.151. The van der Waals surface area contributed by atoms with Gasteiger partial charge in [0, 0.05) is 21.1 Å². The number of hydrogen-bond acceptors (Lipinski definition) is 6. The number of nitrogens with zero attached hydrogens (tertiary/aromatic N) is 3. The van der Waals surface area contributed by atoms with Gasteiger partial charge in [-0.15, -0.1) is 0 Å². The maximum absolute atomic E-state index is 5.76. The minimum Gasteiger partial charge on any atom is -0.397 e. The van der Waals surface area contributed by atoms with Crippen molar-refractivity contribution < 1.29 is 0 Å². The van der Waals surface area contributed by atoms with E-state index in [1.165, 1.54) is 0 Å². The van der Waals surface area contributed by atoms with E-state index >= 15 is 0 Å². The summed E-state index contributed by atoms with van der Waals surface area (Å²) in [5.74, 6) is 0.503. The summed E-state index contributed by atoms with van der Waals surface area (Å²) < 4.78 is 0. The molecule has 1 rings (SSSR count). The molecule has 1 heterocycles.